The fourth-order valence-corrected chi connectivity index (χ4v) is 1.87. The van der Waals surface area contributed by atoms with Gasteiger partial charge >= 0.3 is 0 Å². The van der Waals surface area contributed by atoms with Crippen molar-refractivity contribution >= 4 is 9.84 Å². The molecule has 102 valence electrons. The molecule has 0 heterocycles. The zero-order valence-corrected chi connectivity index (χ0v) is 12.0. The highest BCUT2D eigenvalue weighted by Crippen LogP contribution is 2.13. The van der Waals surface area contributed by atoms with Crippen LogP contribution in [0.5, 0.6) is 5.75 Å². The van der Waals surface area contributed by atoms with E-state index in [1.54, 1.807) is 0 Å². The highest BCUT2D eigenvalue weighted by Gasteiger charge is 2.03. The molecule has 0 aliphatic carbocycles. The van der Waals surface area contributed by atoms with Crippen molar-refractivity contribution in [1.29, 1.82) is 0 Å². The summed E-state index contributed by atoms with van der Waals surface area (Å²) in [5.74, 6) is 0.755. The van der Waals surface area contributed by atoms with Gasteiger partial charge in [0.2, 0.25) is 0 Å². The Morgan fingerprint density at radius 3 is 2.39 bits per heavy atom. The summed E-state index contributed by atoms with van der Waals surface area (Å²) in [6.45, 7) is 2.32. The molecule has 0 saturated heterocycles. The number of hydrogen-bond donors (Lipinski definition) is 1. The minimum atomic E-state index is -2.95. The van der Waals surface area contributed by atoms with E-state index in [1.165, 1.54) is 11.8 Å². The first-order valence-corrected chi connectivity index (χ1v) is 8.03. The standard InChI is InChI=1S/C13H21NO3S/c1-11(14-2)10-12-4-6-13(7-5-12)17-8-9-18(3,15)16/h4-7,11,14H,8-10H2,1-3H3. The molecule has 0 fully saturated rings. The predicted octanol–water partition coefficient (Wildman–Crippen LogP) is 1.26. The highest BCUT2D eigenvalue weighted by atomic mass is 32.2. The van der Waals surface area contributed by atoms with E-state index in [2.05, 4.69) is 12.2 Å². The summed E-state index contributed by atoms with van der Waals surface area (Å²) in [6, 6.07) is 8.19. The molecule has 4 nitrogen and oxygen atoms in total. The molecule has 1 rings (SSSR count). The summed E-state index contributed by atoms with van der Waals surface area (Å²) >= 11 is 0. The minimum Gasteiger partial charge on any atom is -0.493 e. The Labute approximate surface area is 109 Å². The maximum Gasteiger partial charge on any atom is 0.150 e. The van der Waals surface area contributed by atoms with Gasteiger partial charge in [0.1, 0.15) is 12.4 Å². The van der Waals surface area contributed by atoms with Crippen LogP contribution in [0.4, 0.5) is 0 Å². The summed E-state index contributed by atoms with van der Waals surface area (Å²) in [4.78, 5) is 0. The van der Waals surface area contributed by atoms with E-state index in [9.17, 15) is 8.42 Å². The van der Waals surface area contributed by atoms with Crippen LogP contribution in [0, 0.1) is 0 Å². The number of nitrogens with one attached hydrogen (secondary N) is 1. The molecule has 0 bridgehead atoms. The molecule has 0 saturated carbocycles. The quantitative estimate of drug-likeness (QED) is 0.811. The molecule has 1 aromatic carbocycles. The molecule has 0 spiro atoms. The topological polar surface area (TPSA) is 55.4 Å². The summed E-state index contributed by atoms with van der Waals surface area (Å²) in [5, 5.41) is 3.18. The number of hydrogen-bond acceptors (Lipinski definition) is 4. The molecular weight excluding hydrogens is 250 g/mol. The number of sulfone groups is 1. The summed E-state index contributed by atoms with van der Waals surface area (Å²) in [6.07, 6.45) is 2.17. The van der Waals surface area contributed by atoms with E-state index in [1.807, 2.05) is 31.3 Å². The Balaban J connectivity index is 2.45. The summed E-state index contributed by atoms with van der Waals surface area (Å²) in [5.41, 5.74) is 1.23. The Hall–Kier alpha value is -1.07. The molecule has 0 radical (unpaired) electrons. The van der Waals surface area contributed by atoms with Crippen molar-refractivity contribution in [2.45, 2.75) is 19.4 Å². The van der Waals surface area contributed by atoms with Crippen LogP contribution in [0.3, 0.4) is 0 Å². The number of benzene rings is 1. The Morgan fingerprint density at radius 2 is 1.89 bits per heavy atom. The van der Waals surface area contributed by atoms with Gasteiger partial charge in [-0.3, -0.25) is 0 Å². The van der Waals surface area contributed by atoms with Crippen LogP contribution in [0.1, 0.15) is 12.5 Å². The Kier molecular flexibility index (Phi) is 5.62. The summed E-state index contributed by atoms with van der Waals surface area (Å²) < 4.78 is 27.3. The zero-order chi connectivity index (χ0) is 13.6. The molecule has 5 heteroatoms. The lowest BCUT2D eigenvalue weighted by Gasteiger charge is -2.11. The largest absolute Gasteiger partial charge is 0.493 e. The van der Waals surface area contributed by atoms with Gasteiger partial charge in [0.15, 0.2) is 9.84 Å². The van der Waals surface area contributed by atoms with Gasteiger partial charge < -0.3 is 10.1 Å². The molecule has 0 aliphatic rings. The van der Waals surface area contributed by atoms with Gasteiger partial charge in [0, 0.05) is 12.3 Å². The van der Waals surface area contributed by atoms with Gasteiger partial charge in [-0.25, -0.2) is 8.42 Å². The van der Waals surface area contributed by atoms with Crippen molar-refractivity contribution in [2.75, 3.05) is 25.7 Å². The van der Waals surface area contributed by atoms with E-state index in [0.29, 0.717) is 11.8 Å². The van der Waals surface area contributed by atoms with Crippen LogP contribution in [0.2, 0.25) is 0 Å². The van der Waals surface area contributed by atoms with Crippen molar-refractivity contribution in [2.24, 2.45) is 0 Å². The fourth-order valence-electron chi connectivity index (χ4n) is 1.49. The average molecular weight is 271 g/mol. The first kappa shape index (κ1) is 15.0. The SMILES string of the molecule is CNC(C)Cc1ccc(OCCS(C)(=O)=O)cc1. The molecule has 1 N–H and O–H groups in total. The van der Waals surface area contributed by atoms with Gasteiger partial charge in [-0.2, -0.15) is 0 Å². The number of rotatable bonds is 7. The third-order valence-corrected chi connectivity index (χ3v) is 3.59. The van der Waals surface area contributed by atoms with E-state index in [4.69, 9.17) is 4.74 Å². The fraction of sp³-hybridized carbons (Fsp3) is 0.538. The van der Waals surface area contributed by atoms with Crippen molar-refractivity contribution in [3.63, 3.8) is 0 Å². The lowest BCUT2D eigenvalue weighted by Crippen LogP contribution is -2.23. The van der Waals surface area contributed by atoms with Gasteiger partial charge in [-0.1, -0.05) is 12.1 Å². The van der Waals surface area contributed by atoms with Gasteiger partial charge in [-0.15, -0.1) is 0 Å². The molecule has 1 atom stereocenters. The van der Waals surface area contributed by atoms with Crippen LogP contribution >= 0.6 is 0 Å². The van der Waals surface area contributed by atoms with E-state index < -0.39 is 9.84 Å². The first-order valence-electron chi connectivity index (χ1n) is 5.97. The van der Waals surface area contributed by atoms with Crippen LogP contribution in [0.25, 0.3) is 0 Å². The lowest BCUT2D eigenvalue weighted by molar-refractivity contribution is 0.341. The van der Waals surface area contributed by atoms with Crippen LogP contribution < -0.4 is 10.1 Å². The van der Waals surface area contributed by atoms with Gasteiger partial charge in [0.25, 0.3) is 0 Å². The van der Waals surface area contributed by atoms with Crippen molar-refractivity contribution in [1.82, 2.24) is 5.32 Å². The van der Waals surface area contributed by atoms with Crippen molar-refractivity contribution in [3.05, 3.63) is 29.8 Å². The normalized spacial score (nSPS) is 13.3. The van der Waals surface area contributed by atoms with Crippen LogP contribution in [-0.4, -0.2) is 40.1 Å². The molecule has 0 aromatic heterocycles. The Bertz CT molecular complexity index is 454. The average Bonchev–Trinajstić information content (AvgIpc) is 2.29. The minimum absolute atomic E-state index is 0.0472. The second-order valence-electron chi connectivity index (χ2n) is 4.52. The van der Waals surface area contributed by atoms with Gasteiger partial charge in [-0.05, 0) is 38.1 Å². The number of likely N-dealkylation sites (N-methyl/N-ethyl adjacent to an activating group) is 1. The smallest absolute Gasteiger partial charge is 0.150 e. The third-order valence-electron chi connectivity index (χ3n) is 2.68. The molecule has 1 aromatic rings. The lowest BCUT2D eigenvalue weighted by atomic mass is 10.1. The molecule has 0 amide bonds. The maximum atomic E-state index is 10.9. The zero-order valence-electron chi connectivity index (χ0n) is 11.1. The monoisotopic (exact) mass is 271 g/mol. The molecule has 1 unspecified atom stereocenters. The molecule has 18 heavy (non-hydrogen) atoms. The number of ether oxygens (including phenoxy) is 1. The first-order chi connectivity index (χ1) is 8.40. The van der Waals surface area contributed by atoms with Crippen LogP contribution in [0.15, 0.2) is 24.3 Å². The second-order valence-corrected chi connectivity index (χ2v) is 6.78. The Morgan fingerprint density at radius 1 is 1.28 bits per heavy atom. The van der Waals surface area contributed by atoms with Crippen LogP contribution in [-0.2, 0) is 16.3 Å². The van der Waals surface area contributed by atoms with Crippen molar-refractivity contribution < 1.29 is 13.2 Å². The second kappa shape index (κ2) is 6.75. The van der Waals surface area contributed by atoms with E-state index in [0.717, 1.165) is 6.42 Å². The maximum absolute atomic E-state index is 10.9. The highest BCUT2D eigenvalue weighted by molar-refractivity contribution is 7.90. The molecular formula is C13H21NO3S. The van der Waals surface area contributed by atoms with Gasteiger partial charge in [0.05, 0.1) is 5.75 Å². The van der Waals surface area contributed by atoms with Crippen molar-refractivity contribution in [3.8, 4) is 5.75 Å². The van der Waals surface area contributed by atoms with E-state index >= 15 is 0 Å². The summed E-state index contributed by atoms with van der Waals surface area (Å²) in [7, 11) is -1.02. The third kappa shape index (κ3) is 6.02. The van der Waals surface area contributed by atoms with E-state index in [-0.39, 0.29) is 12.4 Å². The molecule has 0 aliphatic heterocycles. The predicted molar refractivity (Wildman–Crippen MR) is 73.9 cm³/mol.